The molecule has 0 aliphatic carbocycles. The summed E-state index contributed by atoms with van der Waals surface area (Å²) in [4.78, 5) is 24.2. The van der Waals surface area contributed by atoms with E-state index in [0.29, 0.717) is 31.6 Å². The van der Waals surface area contributed by atoms with Gasteiger partial charge in [-0.15, -0.1) is 5.10 Å². The first-order valence-corrected chi connectivity index (χ1v) is 7.76. The third-order valence-corrected chi connectivity index (χ3v) is 3.76. The molecule has 2 rings (SSSR count). The highest BCUT2D eigenvalue weighted by atomic mass is 16.6. The van der Waals surface area contributed by atoms with Gasteiger partial charge in [0.1, 0.15) is 5.60 Å². The first-order chi connectivity index (χ1) is 11.3. The van der Waals surface area contributed by atoms with E-state index in [9.17, 15) is 9.59 Å². The Kier molecular flexibility index (Phi) is 5.38. The van der Waals surface area contributed by atoms with E-state index >= 15 is 0 Å². The number of hydrogen-bond donors (Lipinski definition) is 1. The van der Waals surface area contributed by atoms with Gasteiger partial charge < -0.3 is 14.2 Å². The van der Waals surface area contributed by atoms with Crippen molar-refractivity contribution < 1.29 is 23.8 Å². The summed E-state index contributed by atoms with van der Waals surface area (Å²) in [6, 6.07) is 1.62. The van der Waals surface area contributed by atoms with Crippen molar-refractivity contribution in [3.63, 3.8) is 0 Å². The standard InChI is InChI=1S/C16H23N3O5/c1-15(2,3)24-14(21)18-12-9-11(10-17-19-12)16(13(20)22-4)5-7-23-8-6-16/h9-10H,5-8H2,1-4H3,(H,18,19,21). The molecule has 0 atom stereocenters. The Labute approximate surface area is 140 Å². The minimum Gasteiger partial charge on any atom is -0.468 e. The van der Waals surface area contributed by atoms with Crippen LogP contribution in [0.25, 0.3) is 0 Å². The van der Waals surface area contributed by atoms with Crippen molar-refractivity contribution in [2.45, 2.75) is 44.6 Å². The van der Waals surface area contributed by atoms with Crippen molar-refractivity contribution in [2.24, 2.45) is 0 Å². The summed E-state index contributed by atoms with van der Waals surface area (Å²) >= 11 is 0. The number of anilines is 1. The van der Waals surface area contributed by atoms with Crippen molar-refractivity contribution in [3.8, 4) is 0 Å². The molecule has 0 bridgehead atoms. The van der Waals surface area contributed by atoms with Gasteiger partial charge in [-0.25, -0.2) is 4.79 Å². The molecule has 1 aliphatic heterocycles. The summed E-state index contributed by atoms with van der Waals surface area (Å²) in [5.41, 5.74) is -0.824. The molecule has 1 aromatic rings. The molecule has 0 unspecified atom stereocenters. The summed E-state index contributed by atoms with van der Waals surface area (Å²) in [5.74, 6) is -0.126. The maximum Gasteiger partial charge on any atom is 0.413 e. The van der Waals surface area contributed by atoms with Crippen molar-refractivity contribution in [1.82, 2.24) is 10.2 Å². The Morgan fingerprint density at radius 1 is 1.29 bits per heavy atom. The normalized spacial score (nSPS) is 17.0. The topological polar surface area (TPSA) is 99.6 Å². The number of ether oxygens (including phenoxy) is 3. The predicted octanol–water partition coefficient (Wildman–Crippen LogP) is 2.04. The highest BCUT2D eigenvalue weighted by Crippen LogP contribution is 2.36. The van der Waals surface area contributed by atoms with Gasteiger partial charge >= 0.3 is 12.1 Å². The molecule has 0 saturated carbocycles. The molecule has 132 valence electrons. The van der Waals surface area contributed by atoms with Crippen LogP contribution in [0.3, 0.4) is 0 Å². The van der Waals surface area contributed by atoms with Crippen LogP contribution in [0.4, 0.5) is 10.6 Å². The van der Waals surface area contributed by atoms with Gasteiger partial charge in [-0.3, -0.25) is 10.1 Å². The van der Waals surface area contributed by atoms with Crippen LogP contribution in [-0.2, 0) is 24.4 Å². The van der Waals surface area contributed by atoms with Crippen LogP contribution in [0.5, 0.6) is 0 Å². The van der Waals surface area contributed by atoms with Crippen LogP contribution in [0, 0.1) is 0 Å². The second-order valence-electron chi connectivity index (χ2n) is 6.64. The SMILES string of the molecule is COC(=O)C1(c2cnnc(NC(=O)OC(C)(C)C)c2)CCOCC1. The van der Waals surface area contributed by atoms with Crippen molar-refractivity contribution in [2.75, 3.05) is 25.6 Å². The number of hydrogen-bond acceptors (Lipinski definition) is 7. The lowest BCUT2D eigenvalue weighted by atomic mass is 9.75. The van der Waals surface area contributed by atoms with Gasteiger partial charge in [-0.2, -0.15) is 5.10 Å². The lowest BCUT2D eigenvalue weighted by Crippen LogP contribution is -2.42. The van der Waals surface area contributed by atoms with Crippen LogP contribution < -0.4 is 5.32 Å². The molecule has 1 saturated heterocycles. The maximum absolute atomic E-state index is 12.4. The smallest absolute Gasteiger partial charge is 0.413 e. The highest BCUT2D eigenvalue weighted by Gasteiger charge is 2.43. The van der Waals surface area contributed by atoms with E-state index in [1.165, 1.54) is 13.3 Å². The summed E-state index contributed by atoms with van der Waals surface area (Å²) < 4.78 is 15.5. The molecule has 8 nitrogen and oxygen atoms in total. The maximum atomic E-state index is 12.4. The Balaban J connectivity index is 2.24. The largest absolute Gasteiger partial charge is 0.468 e. The monoisotopic (exact) mass is 337 g/mol. The lowest BCUT2D eigenvalue weighted by molar-refractivity contribution is -0.151. The Hall–Kier alpha value is -2.22. The fraction of sp³-hybridized carbons (Fsp3) is 0.625. The molecule has 24 heavy (non-hydrogen) atoms. The van der Waals surface area contributed by atoms with Gasteiger partial charge in [0.2, 0.25) is 0 Å². The Morgan fingerprint density at radius 2 is 1.96 bits per heavy atom. The zero-order valence-electron chi connectivity index (χ0n) is 14.4. The number of esters is 1. The molecular weight excluding hydrogens is 314 g/mol. The molecule has 8 heteroatoms. The zero-order chi connectivity index (χ0) is 17.8. The van der Waals surface area contributed by atoms with Gasteiger partial charge in [0.05, 0.1) is 18.7 Å². The van der Waals surface area contributed by atoms with Crippen LogP contribution in [0.1, 0.15) is 39.2 Å². The first kappa shape index (κ1) is 18.1. The molecule has 1 aromatic heterocycles. The number of aromatic nitrogens is 2. The molecule has 0 spiro atoms. The van der Waals surface area contributed by atoms with Gasteiger partial charge in [0.15, 0.2) is 5.82 Å². The number of nitrogens with zero attached hydrogens (tertiary/aromatic N) is 2. The molecule has 0 aromatic carbocycles. The van der Waals surface area contributed by atoms with Crippen molar-refractivity contribution in [3.05, 3.63) is 17.8 Å². The average Bonchev–Trinajstić information content (AvgIpc) is 2.53. The number of rotatable bonds is 3. The predicted molar refractivity (Wildman–Crippen MR) is 85.6 cm³/mol. The average molecular weight is 337 g/mol. The third-order valence-electron chi connectivity index (χ3n) is 3.76. The minimum atomic E-state index is -0.840. The Bertz CT molecular complexity index is 606. The van der Waals surface area contributed by atoms with E-state index in [4.69, 9.17) is 14.2 Å². The minimum absolute atomic E-state index is 0.219. The Morgan fingerprint density at radius 3 is 2.54 bits per heavy atom. The third kappa shape index (κ3) is 4.19. The number of methoxy groups -OCH3 is 1. The lowest BCUT2D eigenvalue weighted by Gasteiger charge is -2.34. The van der Waals surface area contributed by atoms with E-state index in [1.807, 2.05) is 0 Å². The van der Waals surface area contributed by atoms with E-state index < -0.39 is 17.1 Å². The highest BCUT2D eigenvalue weighted by molar-refractivity contribution is 5.85. The van der Waals surface area contributed by atoms with Crippen LogP contribution in [0.2, 0.25) is 0 Å². The van der Waals surface area contributed by atoms with Gasteiger partial charge in [-0.1, -0.05) is 0 Å². The molecule has 1 fully saturated rings. The van der Waals surface area contributed by atoms with E-state index in [2.05, 4.69) is 15.5 Å². The van der Waals surface area contributed by atoms with Gasteiger partial charge in [0, 0.05) is 13.2 Å². The molecule has 1 aliphatic rings. The van der Waals surface area contributed by atoms with Gasteiger partial charge in [-0.05, 0) is 45.2 Å². The summed E-state index contributed by atoms with van der Waals surface area (Å²) in [5, 5.41) is 10.3. The van der Waals surface area contributed by atoms with E-state index in [0.717, 1.165) is 0 Å². The molecule has 1 amide bonds. The van der Waals surface area contributed by atoms with Crippen molar-refractivity contribution >= 4 is 17.9 Å². The van der Waals surface area contributed by atoms with Crippen LogP contribution in [0.15, 0.2) is 12.3 Å². The summed E-state index contributed by atoms with van der Waals surface area (Å²) in [6.07, 6.45) is 1.85. The molecule has 2 heterocycles. The molecule has 1 N–H and O–H groups in total. The quantitative estimate of drug-likeness (QED) is 0.842. The summed E-state index contributed by atoms with van der Waals surface area (Å²) in [6.45, 7) is 6.20. The number of nitrogens with one attached hydrogen (secondary N) is 1. The van der Waals surface area contributed by atoms with E-state index in [-0.39, 0.29) is 11.8 Å². The van der Waals surface area contributed by atoms with E-state index in [1.54, 1.807) is 26.8 Å². The molecule has 0 radical (unpaired) electrons. The number of carbonyl (C=O) groups excluding carboxylic acids is 2. The zero-order valence-corrected chi connectivity index (χ0v) is 14.4. The van der Waals surface area contributed by atoms with Crippen molar-refractivity contribution in [1.29, 1.82) is 0 Å². The second-order valence-corrected chi connectivity index (χ2v) is 6.64. The van der Waals surface area contributed by atoms with Gasteiger partial charge in [0.25, 0.3) is 0 Å². The fourth-order valence-corrected chi connectivity index (χ4v) is 2.62. The summed E-state index contributed by atoms with van der Waals surface area (Å²) in [7, 11) is 1.36. The number of amides is 1. The van der Waals surface area contributed by atoms with Crippen LogP contribution >= 0.6 is 0 Å². The van der Waals surface area contributed by atoms with Crippen LogP contribution in [-0.4, -0.2) is 48.2 Å². The number of carbonyl (C=O) groups is 2. The fourth-order valence-electron chi connectivity index (χ4n) is 2.62. The second kappa shape index (κ2) is 7.12. The first-order valence-electron chi connectivity index (χ1n) is 7.76. The molecular formula is C16H23N3O5.